The molecule has 4 saturated heterocycles. The molecule has 14 heteroatoms. The molecule has 3 saturated carbocycles. The molecule has 4 heterocycles. The predicted octanol–water partition coefficient (Wildman–Crippen LogP) is 0.620. The van der Waals surface area contributed by atoms with Crippen molar-refractivity contribution in [2.75, 3.05) is 13.2 Å². The van der Waals surface area contributed by atoms with E-state index in [1.807, 2.05) is 6.92 Å². The highest BCUT2D eigenvalue weighted by molar-refractivity contribution is 5.33. The molecule has 53 heavy (non-hydrogen) atoms. The lowest BCUT2D eigenvalue weighted by molar-refractivity contribution is -0.369. The summed E-state index contributed by atoms with van der Waals surface area (Å²) in [6, 6.07) is 0. The quantitative estimate of drug-likeness (QED) is 0.181. The first-order valence-corrected chi connectivity index (χ1v) is 20.0. The highest BCUT2D eigenvalue weighted by Crippen LogP contribution is 2.73. The van der Waals surface area contributed by atoms with Gasteiger partial charge in [-0.1, -0.05) is 39.3 Å². The second-order valence-corrected chi connectivity index (χ2v) is 18.5. The van der Waals surface area contributed by atoms with Crippen molar-refractivity contribution in [3.63, 3.8) is 0 Å². The number of hydrogen-bond acceptors (Lipinski definition) is 14. The zero-order valence-electron chi connectivity index (χ0n) is 31.6. The molecule has 7 fully saturated rings. The van der Waals surface area contributed by atoms with E-state index in [9.17, 15) is 40.9 Å². The molecule has 0 amide bonds. The smallest absolute Gasteiger partial charge is 0.187 e. The van der Waals surface area contributed by atoms with Gasteiger partial charge in [0.05, 0.1) is 37.1 Å². The normalized spacial score (nSPS) is 59.5. The predicted molar refractivity (Wildman–Crippen MR) is 184 cm³/mol. The number of hydrogen-bond donors (Lipinski definition) is 8. The lowest BCUT2D eigenvalue weighted by Crippen LogP contribution is -2.66. The Morgan fingerprint density at radius 3 is 2.26 bits per heavy atom. The van der Waals surface area contributed by atoms with Crippen LogP contribution >= 0.6 is 0 Å². The van der Waals surface area contributed by atoms with Crippen molar-refractivity contribution >= 4 is 0 Å². The van der Waals surface area contributed by atoms with Gasteiger partial charge in [0.25, 0.3) is 0 Å². The summed E-state index contributed by atoms with van der Waals surface area (Å²) in [5.74, 6) is -0.554. The molecule has 0 aromatic carbocycles. The first-order valence-electron chi connectivity index (χ1n) is 20.0. The van der Waals surface area contributed by atoms with E-state index < -0.39 is 96.5 Å². The van der Waals surface area contributed by atoms with Gasteiger partial charge in [-0.25, -0.2) is 0 Å². The molecule has 8 N–H and O–H groups in total. The minimum atomic E-state index is -1.65. The van der Waals surface area contributed by atoms with Crippen molar-refractivity contribution in [3.05, 3.63) is 11.6 Å². The summed E-state index contributed by atoms with van der Waals surface area (Å²) in [5.41, 5.74) is -2.13. The minimum absolute atomic E-state index is 0.0688. The molecule has 0 aromatic rings. The van der Waals surface area contributed by atoms with Gasteiger partial charge < -0.3 is 69.3 Å². The van der Waals surface area contributed by atoms with Crippen molar-refractivity contribution in [2.45, 2.75) is 183 Å². The van der Waals surface area contributed by atoms with Gasteiger partial charge in [0.15, 0.2) is 18.4 Å². The number of aliphatic hydroxyl groups excluding tert-OH is 6. The summed E-state index contributed by atoms with van der Waals surface area (Å²) in [4.78, 5) is 0. The van der Waals surface area contributed by atoms with Gasteiger partial charge in [0.1, 0.15) is 48.3 Å². The first-order chi connectivity index (χ1) is 24.9. The third-order valence-corrected chi connectivity index (χ3v) is 16.0. The van der Waals surface area contributed by atoms with Gasteiger partial charge in [-0.15, -0.1) is 0 Å². The Balaban J connectivity index is 0.995. The number of aliphatic hydroxyl groups is 8. The maximum absolute atomic E-state index is 12.9. The Bertz CT molecular complexity index is 1410. The molecule has 14 nitrogen and oxygen atoms in total. The van der Waals surface area contributed by atoms with Crippen LogP contribution in [0.15, 0.2) is 11.6 Å². The number of fused-ring (bicyclic) bond motifs is 7. The van der Waals surface area contributed by atoms with Gasteiger partial charge in [-0.3, -0.25) is 0 Å². The molecule has 1 spiro atoms. The monoisotopic (exact) mass is 754 g/mol. The highest BCUT2D eigenvalue weighted by Gasteiger charge is 2.81. The molecule has 4 aliphatic carbocycles. The largest absolute Gasteiger partial charge is 0.394 e. The Morgan fingerprint density at radius 2 is 1.57 bits per heavy atom. The lowest BCUT2D eigenvalue weighted by atomic mass is 9.44. The van der Waals surface area contributed by atoms with Crippen LogP contribution in [0.4, 0.5) is 0 Å². The van der Waals surface area contributed by atoms with Gasteiger partial charge in [0, 0.05) is 24.2 Å². The van der Waals surface area contributed by atoms with Gasteiger partial charge in [-0.2, -0.15) is 0 Å². The zero-order valence-corrected chi connectivity index (χ0v) is 31.6. The summed E-state index contributed by atoms with van der Waals surface area (Å²) >= 11 is 0. The standard InChI is InChI=1S/C39H62O14/c1-18-8-13-38(48-17-18)20(3)39(47)26(53-38)15-37(46)24-7-6-21-14-22(9-11-35(21,4)23(24)10-12-36(37,39)5)50-34-32(30(44)28(42)25(16-40)51-34)52-33-31(45)29(43)27(41)19(2)49-33/h6,18-20,22-34,40-47H,7-17H2,1-5H3/t18-,19+,20-,22+,23+,24-,25-,26+,27+,28-,29-,30+,31-,32-,33?,34-,35+,36+,37-,38-,39-/m1/s1. The second kappa shape index (κ2) is 13.4. The summed E-state index contributed by atoms with van der Waals surface area (Å²) < 4.78 is 37.1. The number of rotatable bonds is 5. The van der Waals surface area contributed by atoms with Crippen LogP contribution in [0.2, 0.25) is 0 Å². The molecule has 4 aliphatic heterocycles. The molecule has 21 atom stereocenters. The third kappa shape index (κ3) is 5.49. The van der Waals surface area contributed by atoms with Gasteiger partial charge in [-0.05, 0) is 75.0 Å². The Labute approximate surface area is 311 Å². The van der Waals surface area contributed by atoms with Crippen molar-refractivity contribution in [2.24, 2.45) is 34.5 Å². The summed E-state index contributed by atoms with van der Waals surface area (Å²) in [6.45, 7) is 10.1. The van der Waals surface area contributed by atoms with E-state index >= 15 is 0 Å². The SMILES string of the molecule is C[C@@H]1CC[C@@]2(OC1)O[C@H]1C[C@@]3(O)[C@@H]4CC=C5C[C@@H](O[C@@H]6O[C@H](CO)[C@@H](O)[C@H](O)[C@H]6OC6O[C@@H](C)[C@H](O)[C@@H](O)[C@H]6O)CC[C@]5(C)[C@H]4CC[C@]3(C)[C@@]1(O)[C@@H]2C. The zero-order chi connectivity index (χ0) is 38.0. The molecule has 0 aromatic heterocycles. The molecule has 0 bridgehead atoms. The van der Waals surface area contributed by atoms with Crippen molar-refractivity contribution in [1.29, 1.82) is 0 Å². The fourth-order valence-electron chi connectivity index (χ4n) is 12.4. The van der Waals surface area contributed by atoms with Crippen LogP contribution in [0.5, 0.6) is 0 Å². The molecule has 302 valence electrons. The lowest BCUT2D eigenvalue weighted by Gasteiger charge is -2.63. The van der Waals surface area contributed by atoms with Crippen LogP contribution in [0.3, 0.4) is 0 Å². The van der Waals surface area contributed by atoms with Crippen molar-refractivity contribution in [3.8, 4) is 0 Å². The maximum atomic E-state index is 12.9. The van der Waals surface area contributed by atoms with E-state index in [0.717, 1.165) is 25.7 Å². The molecular formula is C39H62O14. The van der Waals surface area contributed by atoms with E-state index in [2.05, 4.69) is 26.8 Å². The highest BCUT2D eigenvalue weighted by atomic mass is 16.8. The van der Waals surface area contributed by atoms with E-state index in [1.54, 1.807) is 0 Å². The van der Waals surface area contributed by atoms with Gasteiger partial charge >= 0.3 is 0 Å². The molecule has 1 unspecified atom stereocenters. The van der Waals surface area contributed by atoms with Crippen molar-refractivity contribution < 1.29 is 69.3 Å². The van der Waals surface area contributed by atoms with Crippen LogP contribution in [0.1, 0.15) is 92.4 Å². The van der Waals surface area contributed by atoms with E-state index in [1.165, 1.54) is 12.5 Å². The van der Waals surface area contributed by atoms with Crippen LogP contribution in [-0.4, -0.2) is 145 Å². The van der Waals surface area contributed by atoms with Crippen LogP contribution in [0.25, 0.3) is 0 Å². The fraction of sp³-hybridized carbons (Fsp3) is 0.949. The Morgan fingerprint density at radius 1 is 0.811 bits per heavy atom. The summed E-state index contributed by atoms with van der Waals surface area (Å²) in [6.07, 6.45) is -6.28. The summed E-state index contributed by atoms with van der Waals surface area (Å²) in [7, 11) is 0. The second-order valence-electron chi connectivity index (χ2n) is 18.5. The maximum Gasteiger partial charge on any atom is 0.187 e. The van der Waals surface area contributed by atoms with Crippen LogP contribution in [0, 0.1) is 34.5 Å². The topological polar surface area (TPSA) is 217 Å². The Hall–Kier alpha value is -0.820. The molecular weight excluding hydrogens is 692 g/mol. The van der Waals surface area contributed by atoms with Crippen molar-refractivity contribution in [1.82, 2.24) is 0 Å². The van der Waals surface area contributed by atoms with E-state index in [-0.39, 0.29) is 29.3 Å². The van der Waals surface area contributed by atoms with E-state index in [4.69, 9.17) is 28.4 Å². The average Bonchev–Trinajstić information content (AvgIpc) is 3.44. The number of allylic oxidation sites excluding steroid dienone is 1. The third-order valence-electron chi connectivity index (χ3n) is 16.0. The first kappa shape index (κ1) is 39.0. The molecule has 0 radical (unpaired) electrons. The van der Waals surface area contributed by atoms with Crippen LogP contribution in [-0.2, 0) is 28.4 Å². The average molecular weight is 755 g/mol. The Kier molecular flexibility index (Phi) is 9.84. The van der Waals surface area contributed by atoms with Crippen LogP contribution < -0.4 is 0 Å². The minimum Gasteiger partial charge on any atom is -0.394 e. The van der Waals surface area contributed by atoms with Gasteiger partial charge in [0.2, 0.25) is 0 Å². The fourth-order valence-corrected chi connectivity index (χ4v) is 12.4. The van der Waals surface area contributed by atoms with E-state index in [0.29, 0.717) is 44.6 Å². The molecule has 8 aliphatic rings. The number of ether oxygens (including phenoxy) is 6. The summed E-state index contributed by atoms with van der Waals surface area (Å²) in [5, 5.41) is 88.5. The molecule has 8 rings (SSSR count).